The number of aromatic nitrogens is 4. The monoisotopic (exact) mass is 462 g/mol. The molecule has 34 heavy (non-hydrogen) atoms. The first kappa shape index (κ1) is 22.1. The maximum absolute atomic E-state index is 13.0. The third kappa shape index (κ3) is 4.94. The highest BCUT2D eigenvalue weighted by Crippen LogP contribution is 2.26. The molecule has 2 aromatic heterocycles. The van der Waals surface area contributed by atoms with Crippen molar-refractivity contribution in [3.8, 4) is 16.9 Å². The number of H-pyrrole nitrogens is 1. The normalized spacial score (nSPS) is 15.4. The van der Waals surface area contributed by atoms with Crippen molar-refractivity contribution in [2.75, 3.05) is 18.4 Å². The molecule has 9 heteroatoms. The highest BCUT2D eigenvalue weighted by atomic mass is 19.1. The summed E-state index contributed by atoms with van der Waals surface area (Å²) in [5, 5.41) is 18.7. The largest absolute Gasteiger partial charge is 0.461 e. The lowest BCUT2D eigenvalue weighted by Gasteiger charge is -2.22. The minimum Gasteiger partial charge on any atom is -0.461 e. The van der Waals surface area contributed by atoms with Gasteiger partial charge in [-0.1, -0.05) is 6.07 Å². The summed E-state index contributed by atoms with van der Waals surface area (Å²) in [5.41, 5.74) is 3.62. The van der Waals surface area contributed by atoms with E-state index in [1.165, 1.54) is 19.8 Å². The Labute approximate surface area is 196 Å². The number of fused-ring (bicyclic) bond motifs is 1. The third-order valence-corrected chi connectivity index (χ3v) is 6.06. The van der Waals surface area contributed by atoms with Gasteiger partial charge in [0.05, 0.1) is 11.7 Å². The van der Waals surface area contributed by atoms with E-state index in [1.54, 1.807) is 24.3 Å². The van der Waals surface area contributed by atoms with Crippen LogP contribution in [0.5, 0.6) is 5.75 Å². The first-order chi connectivity index (χ1) is 16.5. The number of alkyl halides is 1. The van der Waals surface area contributed by atoms with Gasteiger partial charge in [0.15, 0.2) is 5.69 Å². The number of nitrogens with zero attached hydrogens (tertiary/aromatic N) is 3. The lowest BCUT2D eigenvalue weighted by atomic mass is 9.98. The number of halogens is 1. The van der Waals surface area contributed by atoms with Crippen LogP contribution in [-0.2, 0) is 6.54 Å². The Balaban J connectivity index is 1.32. The lowest BCUT2D eigenvalue weighted by Crippen LogP contribution is -2.29. The second-order valence-corrected chi connectivity index (χ2v) is 8.62. The molecule has 3 heterocycles. The number of amides is 1. The predicted octanol–water partition coefficient (Wildman–Crippen LogP) is 4.37. The number of benzene rings is 2. The average molecular weight is 463 g/mol. The highest BCUT2D eigenvalue weighted by Gasteiger charge is 2.17. The second-order valence-electron chi connectivity index (χ2n) is 8.62. The van der Waals surface area contributed by atoms with Crippen LogP contribution in [0.2, 0.25) is 0 Å². The zero-order valence-corrected chi connectivity index (χ0v) is 18.9. The van der Waals surface area contributed by atoms with Crippen molar-refractivity contribution in [1.82, 2.24) is 25.3 Å². The fourth-order valence-corrected chi connectivity index (χ4v) is 4.30. The number of hydrogen-bond acceptors (Lipinski definition) is 5. The summed E-state index contributed by atoms with van der Waals surface area (Å²) < 4.78 is 20.0. The van der Waals surface area contributed by atoms with Crippen LogP contribution in [0.1, 0.15) is 30.3 Å². The summed E-state index contributed by atoms with van der Waals surface area (Å²) in [5.74, 6) is 0.697. The van der Waals surface area contributed by atoms with Gasteiger partial charge in [-0.25, -0.2) is 4.39 Å². The molecule has 1 unspecified atom stereocenters. The molecule has 4 aromatic rings. The molecule has 2 aromatic carbocycles. The molecule has 0 aliphatic carbocycles. The van der Waals surface area contributed by atoms with Gasteiger partial charge in [-0.2, -0.15) is 10.2 Å². The van der Waals surface area contributed by atoms with Crippen molar-refractivity contribution in [3.05, 3.63) is 60.6 Å². The molecule has 3 N–H and O–H groups in total. The summed E-state index contributed by atoms with van der Waals surface area (Å²) in [6.07, 6.45) is 4.86. The second kappa shape index (κ2) is 9.64. The number of rotatable bonds is 7. The summed E-state index contributed by atoms with van der Waals surface area (Å²) in [4.78, 5) is 12.9. The van der Waals surface area contributed by atoms with E-state index in [0.29, 0.717) is 23.0 Å². The van der Waals surface area contributed by atoms with Gasteiger partial charge in [0, 0.05) is 36.3 Å². The average Bonchev–Trinajstić information content (AvgIpc) is 3.47. The van der Waals surface area contributed by atoms with Crippen LogP contribution in [0.15, 0.2) is 54.9 Å². The molecule has 0 saturated carbocycles. The van der Waals surface area contributed by atoms with E-state index in [9.17, 15) is 9.18 Å². The quantitative estimate of drug-likeness (QED) is 0.379. The van der Waals surface area contributed by atoms with Gasteiger partial charge in [0.1, 0.15) is 5.75 Å². The molecule has 1 aliphatic rings. The van der Waals surface area contributed by atoms with Crippen molar-refractivity contribution >= 4 is 22.5 Å². The number of ether oxygens (including phenoxy) is 1. The van der Waals surface area contributed by atoms with Gasteiger partial charge in [-0.05, 0) is 73.8 Å². The van der Waals surface area contributed by atoms with E-state index in [4.69, 9.17) is 4.74 Å². The maximum atomic E-state index is 13.0. The Morgan fingerprint density at radius 3 is 2.76 bits per heavy atom. The van der Waals surface area contributed by atoms with E-state index in [0.717, 1.165) is 41.7 Å². The molecular formula is C25H27FN6O2. The first-order valence-electron chi connectivity index (χ1n) is 11.5. The van der Waals surface area contributed by atoms with E-state index < -0.39 is 6.36 Å². The predicted molar refractivity (Wildman–Crippen MR) is 129 cm³/mol. The summed E-state index contributed by atoms with van der Waals surface area (Å²) >= 11 is 0. The van der Waals surface area contributed by atoms with Gasteiger partial charge in [0.2, 0.25) is 6.36 Å². The SMILES string of the molecule is CC(F)Oc1ccc(NC(=O)c2n[nH]c3ccc(-c4cnn(CC5CCNCC5)c4)cc23)cc1. The van der Waals surface area contributed by atoms with Crippen LogP contribution in [0.3, 0.4) is 0 Å². The van der Waals surface area contributed by atoms with E-state index >= 15 is 0 Å². The molecule has 1 aliphatic heterocycles. The molecule has 0 radical (unpaired) electrons. The zero-order chi connectivity index (χ0) is 23.5. The van der Waals surface area contributed by atoms with Gasteiger partial charge < -0.3 is 15.4 Å². The minimum atomic E-state index is -1.40. The van der Waals surface area contributed by atoms with Gasteiger partial charge in [-0.3, -0.25) is 14.6 Å². The van der Waals surface area contributed by atoms with Crippen molar-refractivity contribution < 1.29 is 13.9 Å². The molecule has 1 amide bonds. The zero-order valence-electron chi connectivity index (χ0n) is 18.9. The van der Waals surface area contributed by atoms with Crippen LogP contribution >= 0.6 is 0 Å². The van der Waals surface area contributed by atoms with Crippen molar-refractivity contribution in [3.63, 3.8) is 0 Å². The number of piperidine rings is 1. The maximum Gasteiger partial charge on any atom is 0.276 e. The minimum absolute atomic E-state index is 0.302. The van der Waals surface area contributed by atoms with Crippen LogP contribution in [0, 0.1) is 5.92 Å². The standard InChI is InChI=1S/C25H27FN6O2/c1-16(26)34-21-5-3-20(4-6-21)29-25(33)24-22-12-18(2-7-23(22)30-31-24)19-13-28-32(15-19)14-17-8-10-27-11-9-17/h2-7,12-13,15-17,27H,8-11,14H2,1H3,(H,29,33)(H,30,31). The Kier molecular flexibility index (Phi) is 6.27. The van der Waals surface area contributed by atoms with Crippen molar-refractivity contribution in [1.29, 1.82) is 0 Å². The Bertz CT molecular complexity index is 1270. The molecule has 1 saturated heterocycles. The lowest BCUT2D eigenvalue weighted by molar-refractivity contribution is 0.0860. The molecule has 1 atom stereocenters. The fraction of sp³-hybridized carbons (Fsp3) is 0.320. The molecule has 176 valence electrons. The van der Waals surface area contributed by atoms with Crippen LogP contribution in [0.4, 0.5) is 10.1 Å². The molecular weight excluding hydrogens is 435 g/mol. The number of carbonyl (C=O) groups excluding carboxylic acids is 1. The molecule has 8 nitrogen and oxygen atoms in total. The van der Waals surface area contributed by atoms with Crippen molar-refractivity contribution in [2.45, 2.75) is 32.7 Å². The fourth-order valence-electron chi connectivity index (χ4n) is 4.30. The van der Waals surface area contributed by atoms with Gasteiger partial charge in [-0.15, -0.1) is 0 Å². The third-order valence-electron chi connectivity index (χ3n) is 6.06. The molecule has 0 spiro atoms. The topological polar surface area (TPSA) is 96.9 Å². The molecule has 1 fully saturated rings. The van der Waals surface area contributed by atoms with Gasteiger partial charge >= 0.3 is 0 Å². The Hall–Kier alpha value is -3.72. The number of nitrogens with one attached hydrogen (secondary N) is 3. The number of carbonyl (C=O) groups is 1. The van der Waals surface area contributed by atoms with Crippen LogP contribution in [0.25, 0.3) is 22.0 Å². The smallest absolute Gasteiger partial charge is 0.276 e. The first-order valence-corrected chi connectivity index (χ1v) is 11.5. The number of hydrogen-bond donors (Lipinski definition) is 3. The van der Waals surface area contributed by atoms with Crippen LogP contribution < -0.4 is 15.4 Å². The Morgan fingerprint density at radius 1 is 1.21 bits per heavy atom. The number of aromatic amines is 1. The highest BCUT2D eigenvalue weighted by molar-refractivity contribution is 6.11. The number of anilines is 1. The summed E-state index contributed by atoms with van der Waals surface area (Å²) in [6, 6.07) is 12.4. The van der Waals surface area contributed by atoms with Gasteiger partial charge in [0.25, 0.3) is 5.91 Å². The van der Waals surface area contributed by atoms with E-state index in [1.807, 2.05) is 29.1 Å². The molecule has 0 bridgehead atoms. The summed E-state index contributed by atoms with van der Waals surface area (Å²) in [7, 11) is 0. The van der Waals surface area contributed by atoms with Crippen LogP contribution in [-0.4, -0.2) is 45.3 Å². The Morgan fingerprint density at radius 2 is 2.00 bits per heavy atom. The summed E-state index contributed by atoms with van der Waals surface area (Å²) in [6.45, 7) is 4.36. The van der Waals surface area contributed by atoms with E-state index in [-0.39, 0.29) is 5.91 Å². The van der Waals surface area contributed by atoms with E-state index in [2.05, 4.69) is 32.1 Å². The van der Waals surface area contributed by atoms with Crippen molar-refractivity contribution in [2.24, 2.45) is 5.92 Å². The molecule has 5 rings (SSSR count).